The van der Waals surface area contributed by atoms with Gasteiger partial charge >= 0.3 is 0 Å². The molecule has 0 bridgehead atoms. The average molecular weight is 455 g/mol. The molecule has 1 fully saturated rings. The molecule has 1 aliphatic rings. The summed E-state index contributed by atoms with van der Waals surface area (Å²) in [5.41, 5.74) is 3.45. The van der Waals surface area contributed by atoms with Crippen LogP contribution in [0.5, 0.6) is 0 Å². The molecule has 2 heterocycles. The number of imidazole rings is 1. The van der Waals surface area contributed by atoms with Crippen LogP contribution in [0.25, 0.3) is 11.0 Å². The zero-order valence-corrected chi connectivity index (χ0v) is 19.4. The lowest BCUT2D eigenvalue weighted by molar-refractivity contribution is -0.116. The molecule has 0 aliphatic carbocycles. The molecule has 1 aliphatic heterocycles. The van der Waals surface area contributed by atoms with Gasteiger partial charge in [0.1, 0.15) is 0 Å². The van der Waals surface area contributed by atoms with Crippen molar-refractivity contribution in [2.24, 2.45) is 0 Å². The lowest BCUT2D eigenvalue weighted by atomic mass is 10.0. The molecule has 1 saturated heterocycles. The topological polar surface area (TPSA) is 84.3 Å². The molecule has 7 nitrogen and oxygen atoms in total. The van der Waals surface area contributed by atoms with Crippen LogP contribution in [-0.2, 0) is 21.4 Å². The molecule has 3 aromatic rings. The molecule has 32 heavy (non-hydrogen) atoms. The molecule has 0 atom stereocenters. The third-order valence-corrected chi connectivity index (χ3v) is 7.88. The Morgan fingerprint density at radius 2 is 1.78 bits per heavy atom. The van der Waals surface area contributed by atoms with E-state index in [-0.39, 0.29) is 10.8 Å². The molecule has 8 heteroatoms. The molecule has 1 aromatic heterocycles. The first-order valence-electron chi connectivity index (χ1n) is 11.2. The number of nitrogens with zero attached hydrogens (tertiary/aromatic N) is 3. The van der Waals surface area contributed by atoms with Gasteiger partial charge in [-0.25, -0.2) is 13.4 Å². The number of fused-ring (bicyclic) bond motifs is 1. The fourth-order valence-electron chi connectivity index (χ4n) is 4.03. The number of aryl methyl sites for hydroxylation is 1. The monoisotopic (exact) mass is 454 g/mol. The number of benzene rings is 2. The number of rotatable bonds is 7. The first-order valence-corrected chi connectivity index (χ1v) is 12.6. The van der Waals surface area contributed by atoms with Crippen LogP contribution in [-0.4, -0.2) is 41.3 Å². The third kappa shape index (κ3) is 4.86. The van der Waals surface area contributed by atoms with Crippen LogP contribution in [0.15, 0.2) is 53.7 Å². The minimum atomic E-state index is -3.49. The minimum absolute atomic E-state index is 0.0755. The second kappa shape index (κ2) is 9.42. The molecule has 4 rings (SSSR count). The van der Waals surface area contributed by atoms with E-state index in [0.29, 0.717) is 37.5 Å². The number of anilines is 1. The highest BCUT2D eigenvalue weighted by atomic mass is 32.2. The van der Waals surface area contributed by atoms with Gasteiger partial charge in [0.05, 0.1) is 22.3 Å². The Bertz CT molecular complexity index is 1190. The highest BCUT2D eigenvalue weighted by molar-refractivity contribution is 7.89. The predicted molar refractivity (Wildman–Crippen MR) is 126 cm³/mol. The largest absolute Gasteiger partial charge is 0.330 e. The van der Waals surface area contributed by atoms with E-state index >= 15 is 0 Å². The Kier molecular flexibility index (Phi) is 6.62. The van der Waals surface area contributed by atoms with Gasteiger partial charge in [-0.3, -0.25) is 4.79 Å². The van der Waals surface area contributed by atoms with Crippen molar-refractivity contribution in [3.63, 3.8) is 0 Å². The maximum absolute atomic E-state index is 12.9. The Morgan fingerprint density at radius 3 is 2.47 bits per heavy atom. The van der Waals surface area contributed by atoms with Crippen molar-refractivity contribution in [1.82, 2.24) is 13.9 Å². The van der Waals surface area contributed by atoms with E-state index in [2.05, 4.69) is 24.1 Å². The number of hydrogen-bond acceptors (Lipinski definition) is 4. The molecule has 0 unspecified atom stereocenters. The van der Waals surface area contributed by atoms with Gasteiger partial charge in [0.2, 0.25) is 15.9 Å². The molecule has 0 spiro atoms. The number of sulfonamides is 1. The summed E-state index contributed by atoms with van der Waals surface area (Å²) in [5.74, 6) is 0.373. The van der Waals surface area contributed by atoms with E-state index in [1.807, 2.05) is 28.8 Å². The van der Waals surface area contributed by atoms with E-state index in [1.165, 1.54) is 5.56 Å². The summed E-state index contributed by atoms with van der Waals surface area (Å²) in [7, 11) is -3.49. The highest BCUT2D eigenvalue weighted by Gasteiger charge is 2.26. The molecule has 2 aromatic carbocycles. The Morgan fingerprint density at radius 1 is 1.06 bits per heavy atom. The fraction of sp³-hybridized carbons (Fsp3) is 0.417. The van der Waals surface area contributed by atoms with Gasteiger partial charge in [0.15, 0.2) is 0 Å². The van der Waals surface area contributed by atoms with Crippen LogP contribution in [0.4, 0.5) is 5.69 Å². The number of carbonyl (C=O) groups is 1. The van der Waals surface area contributed by atoms with Crippen molar-refractivity contribution in [2.75, 3.05) is 18.4 Å². The van der Waals surface area contributed by atoms with Gasteiger partial charge in [0, 0.05) is 31.7 Å². The van der Waals surface area contributed by atoms with E-state index < -0.39 is 10.0 Å². The SMILES string of the molecule is CC(C)c1ccc(NC(=O)CCn2cnc3cc(S(=O)(=O)N4CCCCC4)ccc32)cc1. The van der Waals surface area contributed by atoms with Crippen LogP contribution < -0.4 is 5.32 Å². The van der Waals surface area contributed by atoms with Crippen LogP contribution in [0.3, 0.4) is 0 Å². The van der Waals surface area contributed by atoms with Crippen molar-refractivity contribution >= 4 is 32.7 Å². The summed E-state index contributed by atoms with van der Waals surface area (Å²) in [6.45, 7) is 5.88. The molecular formula is C24H30N4O3S. The van der Waals surface area contributed by atoms with Crippen molar-refractivity contribution in [1.29, 1.82) is 0 Å². The maximum atomic E-state index is 12.9. The molecule has 1 amide bonds. The second-order valence-corrected chi connectivity index (χ2v) is 10.6. The second-order valence-electron chi connectivity index (χ2n) is 8.63. The van der Waals surface area contributed by atoms with Gasteiger partial charge in [-0.05, 0) is 54.7 Å². The van der Waals surface area contributed by atoms with Gasteiger partial charge in [-0.15, -0.1) is 0 Å². The fourth-order valence-corrected chi connectivity index (χ4v) is 5.57. The summed E-state index contributed by atoms with van der Waals surface area (Å²) in [6, 6.07) is 12.9. The number of amides is 1. The summed E-state index contributed by atoms with van der Waals surface area (Å²) >= 11 is 0. The molecule has 170 valence electrons. The summed E-state index contributed by atoms with van der Waals surface area (Å²) in [5, 5.41) is 2.93. The quantitative estimate of drug-likeness (QED) is 0.575. The van der Waals surface area contributed by atoms with Gasteiger partial charge in [-0.2, -0.15) is 4.31 Å². The molecular weight excluding hydrogens is 424 g/mol. The van der Waals surface area contributed by atoms with Crippen molar-refractivity contribution in [3.8, 4) is 0 Å². The van der Waals surface area contributed by atoms with Gasteiger partial charge < -0.3 is 9.88 Å². The number of nitrogens with one attached hydrogen (secondary N) is 1. The van der Waals surface area contributed by atoms with Crippen LogP contribution in [0, 0.1) is 0 Å². The summed E-state index contributed by atoms with van der Waals surface area (Å²) in [4.78, 5) is 17.0. The predicted octanol–water partition coefficient (Wildman–Crippen LogP) is 4.36. The minimum Gasteiger partial charge on any atom is -0.330 e. The highest BCUT2D eigenvalue weighted by Crippen LogP contribution is 2.24. The van der Waals surface area contributed by atoms with Crippen LogP contribution in [0.2, 0.25) is 0 Å². The third-order valence-electron chi connectivity index (χ3n) is 5.99. The lowest BCUT2D eigenvalue weighted by Gasteiger charge is -2.25. The summed E-state index contributed by atoms with van der Waals surface area (Å²) < 4.78 is 29.3. The lowest BCUT2D eigenvalue weighted by Crippen LogP contribution is -2.35. The van der Waals surface area contributed by atoms with E-state index in [1.54, 1.807) is 28.8 Å². The smallest absolute Gasteiger partial charge is 0.243 e. The number of carbonyl (C=O) groups excluding carboxylic acids is 1. The van der Waals surface area contributed by atoms with Crippen molar-refractivity contribution in [2.45, 2.75) is 56.9 Å². The first-order chi connectivity index (χ1) is 15.3. The Labute approximate surface area is 189 Å². The zero-order chi connectivity index (χ0) is 22.7. The molecule has 1 N–H and O–H groups in total. The van der Waals surface area contributed by atoms with E-state index in [0.717, 1.165) is 30.5 Å². The van der Waals surface area contributed by atoms with E-state index in [4.69, 9.17) is 0 Å². The number of piperidine rings is 1. The van der Waals surface area contributed by atoms with Crippen molar-refractivity contribution in [3.05, 3.63) is 54.4 Å². The van der Waals surface area contributed by atoms with Gasteiger partial charge in [0.25, 0.3) is 0 Å². The molecule has 0 radical (unpaired) electrons. The zero-order valence-electron chi connectivity index (χ0n) is 18.6. The number of hydrogen-bond donors (Lipinski definition) is 1. The van der Waals surface area contributed by atoms with Crippen LogP contribution in [0.1, 0.15) is 51.0 Å². The number of aromatic nitrogens is 2. The van der Waals surface area contributed by atoms with E-state index in [9.17, 15) is 13.2 Å². The van der Waals surface area contributed by atoms with Crippen molar-refractivity contribution < 1.29 is 13.2 Å². The normalized spacial score (nSPS) is 15.3. The van der Waals surface area contributed by atoms with Crippen LogP contribution >= 0.6 is 0 Å². The Balaban J connectivity index is 1.41. The standard InChI is InChI=1S/C24H30N4O3S/c1-18(2)19-6-8-20(9-7-19)26-24(29)12-15-27-17-25-22-16-21(10-11-23(22)27)32(30,31)28-13-4-3-5-14-28/h6-11,16-18H,3-5,12-15H2,1-2H3,(H,26,29). The average Bonchev–Trinajstić information content (AvgIpc) is 3.21. The maximum Gasteiger partial charge on any atom is 0.243 e. The first kappa shape index (κ1) is 22.5. The molecule has 0 saturated carbocycles. The Hall–Kier alpha value is -2.71. The summed E-state index contributed by atoms with van der Waals surface area (Å²) in [6.07, 6.45) is 4.84. The van der Waals surface area contributed by atoms with Gasteiger partial charge in [-0.1, -0.05) is 32.4 Å².